The Morgan fingerprint density at radius 3 is 2.67 bits per heavy atom. The number of amides is 1. The summed E-state index contributed by atoms with van der Waals surface area (Å²) in [5.74, 6) is 0.274. The third-order valence-electron chi connectivity index (χ3n) is 6.14. The van der Waals surface area contributed by atoms with Gasteiger partial charge in [0.05, 0.1) is 22.2 Å². The van der Waals surface area contributed by atoms with Gasteiger partial charge in [-0.2, -0.15) is 9.40 Å². The molecule has 2 fully saturated rings. The molecule has 1 spiro atoms. The molecule has 10 nitrogen and oxygen atoms in total. The first-order chi connectivity index (χ1) is 14.2. The zero-order valence-corrected chi connectivity index (χ0v) is 17.4. The largest absolute Gasteiger partial charge is 0.381 e. The maximum Gasteiger partial charge on any atom is 0.243 e. The zero-order valence-electron chi connectivity index (χ0n) is 16.6. The van der Waals surface area contributed by atoms with Crippen molar-refractivity contribution in [1.82, 2.24) is 28.8 Å². The van der Waals surface area contributed by atoms with Crippen LogP contribution in [-0.4, -0.2) is 69.8 Å². The predicted octanol–water partition coefficient (Wildman–Crippen LogP) is 0.535. The molecule has 2 aliphatic heterocycles. The van der Waals surface area contributed by atoms with Crippen LogP contribution in [0.25, 0.3) is 16.9 Å². The summed E-state index contributed by atoms with van der Waals surface area (Å²) in [7, 11) is -1.97. The number of carbonyl (C=O) groups excluding carboxylic acids is 1. The highest BCUT2D eigenvalue weighted by atomic mass is 32.2. The maximum atomic E-state index is 13.2. The molecule has 0 saturated carbocycles. The van der Waals surface area contributed by atoms with E-state index in [0.717, 1.165) is 5.56 Å². The Morgan fingerprint density at radius 2 is 1.97 bits per heavy atom. The number of nitrogen functional groups attached to an aromatic ring is 1. The third-order valence-corrected chi connectivity index (χ3v) is 7.93. The van der Waals surface area contributed by atoms with Gasteiger partial charge in [-0.15, -0.1) is 0 Å². The molecule has 0 radical (unpaired) electrons. The van der Waals surface area contributed by atoms with Crippen LogP contribution in [0, 0.1) is 12.3 Å². The van der Waals surface area contributed by atoms with E-state index in [2.05, 4.69) is 15.1 Å². The van der Waals surface area contributed by atoms with E-state index in [1.807, 2.05) is 6.92 Å². The van der Waals surface area contributed by atoms with Gasteiger partial charge in [0.2, 0.25) is 15.9 Å². The minimum absolute atomic E-state index is 0.0292. The van der Waals surface area contributed by atoms with Crippen molar-refractivity contribution in [2.45, 2.75) is 18.2 Å². The van der Waals surface area contributed by atoms with Crippen molar-refractivity contribution in [3.05, 3.63) is 36.3 Å². The Bertz CT molecular complexity index is 1290. The van der Waals surface area contributed by atoms with Crippen LogP contribution in [0.15, 0.2) is 35.6 Å². The number of carbonyl (C=O) groups is 1. The fourth-order valence-corrected chi connectivity index (χ4v) is 5.93. The van der Waals surface area contributed by atoms with E-state index in [0.29, 0.717) is 29.9 Å². The van der Waals surface area contributed by atoms with Gasteiger partial charge >= 0.3 is 0 Å². The van der Waals surface area contributed by atoms with Crippen LogP contribution in [0.5, 0.6) is 0 Å². The van der Waals surface area contributed by atoms with Crippen molar-refractivity contribution in [3.8, 4) is 11.3 Å². The normalized spacial score (nSPS) is 19.0. The van der Waals surface area contributed by atoms with Crippen molar-refractivity contribution < 1.29 is 13.2 Å². The number of likely N-dealkylation sites (tertiary alicyclic amines) is 1. The van der Waals surface area contributed by atoms with Gasteiger partial charge in [0.15, 0.2) is 11.5 Å². The molecule has 0 atom stereocenters. The molecule has 4 heterocycles. The van der Waals surface area contributed by atoms with Crippen LogP contribution in [-0.2, 0) is 14.8 Å². The number of nitrogens with zero attached hydrogens (tertiary/aromatic N) is 6. The molecule has 0 unspecified atom stereocenters. The second-order valence-electron chi connectivity index (χ2n) is 8.03. The van der Waals surface area contributed by atoms with E-state index in [9.17, 15) is 13.2 Å². The van der Waals surface area contributed by atoms with E-state index in [-0.39, 0.29) is 29.7 Å². The van der Waals surface area contributed by atoms with E-state index in [4.69, 9.17) is 5.73 Å². The van der Waals surface area contributed by atoms with Crippen LogP contribution < -0.4 is 5.73 Å². The van der Waals surface area contributed by atoms with Crippen LogP contribution in [0.2, 0.25) is 0 Å². The van der Waals surface area contributed by atoms with Gasteiger partial charge in [-0.1, -0.05) is 6.07 Å². The second kappa shape index (κ2) is 6.22. The SMILES string of the molecule is Cc1ccc(S(=O)(=O)N2CC3(CCN(C)C3=O)C2)cc1-c1cnc2c(N)ncnn12. The molecule has 156 valence electrons. The number of anilines is 1. The van der Waals surface area contributed by atoms with Crippen LogP contribution >= 0.6 is 0 Å². The molecule has 2 aromatic heterocycles. The fraction of sp³-hybridized carbons (Fsp3) is 0.368. The van der Waals surface area contributed by atoms with Crippen LogP contribution in [0.3, 0.4) is 0 Å². The number of sulfonamides is 1. The lowest BCUT2D eigenvalue weighted by molar-refractivity contribution is -0.140. The number of nitrogens with two attached hydrogens (primary N) is 1. The van der Waals surface area contributed by atoms with Gasteiger partial charge in [-0.3, -0.25) is 4.79 Å². The van der Waals surface area contributed by atoms with E-state index in [1.165, 1.54) is 10.6 Å². The number of imidazole rings is 1. The Balaban J connectivity index is 1.51. The average Bonchev–Trinajstić information content (AvgIpc) is 3.24. The van der Waals surface area contributed by atoms with Crippen molar-refractivity contribution >= 4 is 27.4 Å². The fourth-order valence-electron chi connectivity index (χ4n) is 4.29. The monoisotopic (exact) mass is 427 g/mol. The van der Waals surface area contributed by atoms with E-state index >= 15 is 0 Å². The lowest BCUT2D eigenvalue weighted by Gasteiger charge is -2.45. The Morgan fingerprint density at radius 1 is 1.20 bits per heavy atom. The molecule has 1 amide bonds. The number of aryl methyl sites for hydroxylation is 1. The van der Waals surface area contributed by atoms with Crippen molar-refractivity contribution in [1.29, 1.82) is 0 Å². The number of hydrogen-bond acceptors (Lipinski definition) is 7. The summed E-state index contributed by atoms with van der Waals surface area (Å²) in [4.78, 5) is 22.4. The van der Waals surface area contributed by atoms with E-state index < -0.39 is 15.4 Å². The molecule has 5 rings (SSSR count). The summed E-state index contributed by atoms with van der Waals surface area (Å²) in [6.45, 7) is 3.00. The summed E-state index contributed by atoms with van der Waals surface area (Å²) in [5, 5.41) is 4.20. The first-order valence-corrected chi connectivity index (χ1v) is 11.0. The summed E-state index contributed by atoms with van der Waals surface area (Å²) in [6.07, 6.45) is 3.62. The van der Waals surface area contributed by atoms with Gasteiger partial charge in [-0.25, -0.2) is 22.9 Å². The van der Waals surface area contributed by atoms with Gasteiger partial charge in [0.1, 0.15) is 6.33 Å². The third kappa shape index (κ3) is 2.55. The molecule has 2 N–H and O–H groups in total. The first kappa shape index (κ1) is 18.9. The molecule has 3 aromatic rings. The molecule has 0 aliphatic carbocycles. The van der Waals surface area contributed by atoms with Crippen LogP contribution in [0.4, 0.5) is 5.82 Å². The molecular formula is C19H21N7O3S. The highest BCUT2D eigenvalue weighted by Gasteiger charge is 2.57. The predicted molar refractivity (Wildman–Crippen MR) is 109 cm³/mol. The Labute approximate surface area is 173 Å². The van der Waals surface area contributed by atoms with Gasteiger partial charge in [-0.05, 0) is 31.0 Å². The van der Waals surface area contributed by atoms with Crippen molar-refractivity contribution in [2.24, 2.45) is 5.41 Å². The highest BCUT2D eigenvalue weighted by Crippen LogP contribution is 2.43. The van der Waals surface area contributed by atoms with E-state index in [1.54, 1.807) is 40.9 Å². The van der Waals surface area contributed by atoms with Gasteiger partial charge in [0, 0.05) is 32.2 Å². The lowest BCUT2D eigenvalue weighted by atomic mass is 9.80. The Kier molecular flexibility index (Phi) is 3.93. The van der Waals surface area contributed by atoms with Crippen LogP contribution in [0.1, 0.15) is 12.0 Å². The smallest absolute Gasteiger partial charge is 0.243 e. The van der Waals surface area contributed by atoms with Crippen molar-refractivity contribution in [3.63, 3.8) is 0 Å². The number of rotatable bonds is 3. The summed E-state index contributed by atoms with van der Waals surface area (Å²) >= 11 is 0. The minimum atomic E-state index is -3.72. The molecule has 2 saturated heterocycles. The molecule has 1 aromatic carbocycles. The van der Waals surface area contributed by atoms with Gasteiger partial charge < -0.3 is 10.6 Å². The number of benzene rings is 1. The first-order valence-electron chi connectivity index (χ1n) is 9.54. The quantitative estimate of drug-likeness (QED) is 0.646. The number of fused-ring (bicyclic) bond motifs is 1. The summed E-state index contributed by atoms with van der Waals surface area (Å²) < 4.78 is 29.4. The molecule has 11 heteroatoms. The Hall–Kier alpha value is -3.05. The number of hydrogen-bond donors (Lipinski definition) is 1. The maximum absolute atomic E-state index is 13.2. The second-order valence-corrected chi connectivity index (χ2v) is 9.97. The topological polar surface area (TPSA) is 127 Å². The molecule has 0 bridgehead atoms. The minimum Gasteiger partial charge on any atom is -0.381 e. The lowest BCUT2D eigenvalue weighted by Crippen LogP contribution is -2.61. The number of aromatic nitrogens is 4. The zero-order chi connectivity index (χ0) is 21.3. The summed E-state index contributed by atoms with van der Waals surface area (Å²) in [6, 6.07) is 4.98. The average molecular weight is 427 g/mol. The van der Waals surface area contributed by atoms with Crippen molar-refractivity contribution in [2.75, 3.05) is 32.4 Å². The molecular weight excluding hydrogens is 406 g/mol. The van der Waals surface area contributed by atoms with Gasteiger partial charge in [0.25, 0.3) is 0 Å². The highest BCUT2D eigenvalue weighted by molar-refractivity contribution is 7.89. The summed E-state index contributed by atoms with van der Waals surface area (Å²) in [5.41, 5.74) is 7.90. The molecule has 2 aliphatic rings. The standard InChI is InChI=1S/C19H21N7O3S/c1-12-3-4-13(7-14(12)15-8-21-17-16(20)22-11-23-26(15)17)30(28,29)25-9-19(10-25)5-6-24(2)18(19)27/h3-4,7-8,11H,5-6,9-10H2,1-2H3,(H2,20,22,23). The molecule has 30 heavy (non-hydrogen) atoms.